The first-order chi connectivity index (χ1) is 24.7. The van der Waals surface area contributed by atoms with Crippen LogP contribution in [-0.2, 0) is 0 Å². The fourth-order valence-electron chi connectivity index (χ4n) is 7.22. The van der Waals surface area contributed by atoms with Gasteiger partial charge in [-0.05, 0) is 70.9 Å². The Morgan fingerprint density at radius 2 is 1.20 bits per heavy atom. The minimum absolute atomic E-state index is 0.0981. The molecule has 0 N–H and O–H groups in total. The molecule has 5 aromatic carbocycles. The Balaban J connectivity index is 1.02. The van der Waals surface area contributed by atoms with Crippen molar-refractivity contribution in [3.8, 4) is 50.8 Å². The van der Waals surface area contributed by atoms with E-state index in [1.165, 1.54) is 33.4 Å². The number of hydrogen-bond donors (Lipinski definition) is 0. The highest BCUT2D eigenvalue weighted by Crippen LogP contribution is 2.47. The predicted molar refractivity (Wildman–Crippen MR) is 202 cm³/mol. The lowest BCUT2D eigenvalue weighted by Gasteiger charge is -2.15. The van der Waals surface area contributed by atoms with Crippen molar-refractivity contribution in [2.75, 3.05) is 0 Å². The molecule has 0 saturated carbocycles. The average molecular weight is 646 g/mol. The van der Waals surface area contributed by atoms with Crippen LogP contribution in [0.2, 0.25) is 0 Å². The summed E-state index contributed by atoms with van der Waals surface area (Å²) in [5, 5.41) is 0. The van der Waals surface area contributed by atoms with Gasteiger partial charge in [-0.2, -0.15) is 0 Å². The minimum Gasteiger partial charge on any atom is -0.461 e. The Labute approximate surface area is 292 Å². The van der Waals surface area contributed by atoms with Crippen molar-refractivity contribution in [3.05, 3.63) is 187 Å². The Morgan fingerprint density at radius 3 is 1.96 bits per heavy atom. The molecule has 3 aliphatic rings. The summed E-state index contributed by atoms with van der Waals surface area (Å²) in [6.45, 7) is 0. The molecule has 0 amide bonds. The number of rotatable bonds is 6. The molecule has 0 bridgehead atoms. The molecule has 1 aromatic heterocycles. The molecule has 4 heteroatoms. The van der Waals surface area contributed by atoms with E-state index in [0.29, 0.717) is 11.6 Å². The lowest BCUT2D eigenvalue weighted by Crippen LogP contribution is -2.07. The second-order valence-corrected chi connectivity index (χ2v) is 13.1. The van der Waals surface area contributed by atoms with Gasteiger partial charge in [-0.3, -0.25) is 0 Å². The van der Waals surface area contributed by atoms with Crippen molar-refractivity contribution in [2.45, 2.75) is 31.1 Å². The van der Waals surface area contributed by atoms with Gasteiger partial charge < -0.3 is 4.74 Å². The molecule has 1 aliphatic heterocycles. The van der Waals surface area contributed by atoms with Crippen LogP contribution in [0.25, 0.3) is 50.6 Å². The van der Waals surface area contributed by atoms with Crippen LogP contribution in [0, 0.1) is 0 Å². The Morgan fingerprint density at radius 1 is 0.540 bits per heavy atom. The fraction of sp³-hybridized carbons (Fsp3) is 0.109. The maximum absolute atomic E-state index is 6.57. The lowest BCUT2D eigenvalue weighted by molar-refractivity contribution is 0.423. The summed E-state index contributed by atoms with van der Waals surface area (Å²) in [5.41, 5.74) is 10.5. The van der Waals surface area contributed by atoms with E-state index in [-0.39, 0.29) is 11.8 Å². The third-order valence-electron chi connectivity index (χ3n) is 9.93. The Bertz CT molecular complexity index is 2320. The topological polar surface area (TPSA) is 47.9 Å². The van der Waals surface area contributed by atoms with E-state index in [4.69, 9.17) is 19.7 Å². The molecule has 240 valence electrons. The SMILES string of the molecule is C1=CCC(c2nc(-c3ccc(-c4ccccc4)cc3)nc(-c3ccc4c(c3)OC3=CC=C(c5cccc(-c6ccccc6)c5)CCC34)n2)C=C1. The number of fused-ring (bicyclic) bond motifs is 3. The summed E-state index contributed by atoms with van der Waals surface area (Å²) in [6.07, 6.45) is 15.7. The van der Waals surface area contributed by atoms with Crippen molar-refractivity contribution >= 4 is 5.57 Å². The van der Waals surface area contributed by atoms with Crippen molar-refractivity contribution in [1.82, 2.24) is 15.0 Å². The molecule has 2 atom stereocenters. The smallest absolute Gasteiger partial charge is 0.163 e. The molecule has 0 fully saturated rings. The van der Waals surface area contributed by atoms with Gasteiger partial charge >= 0.3 is 0 Å². The highest BCUT2D eigenvalue weighted by atomic mass is 16.5. The zero-order valence-corrected chi connectivity index (χ0v) is 27.6. The van der Waals surface area contributed by atoms with Crippen LogP contribution in [0.15, 0.2) is 170 Å². The average Bonchev–Trinajstić information content (AvgIpc) is 3.41. The van der Waals surface area contributed by atoms with Crippen LogP contribution in [0.1, 0.15) is 48.0 Å². The molecule has 2 unspecified atom stereocenters. The molecule has 50 heavy (non-hydrogen) atoms. The van der Waals surface area contributed by atoms with E-state index in [2.05, 4.69) is 158 Å². The molecule has 0 spiro atoms. The van der Waals surface area contributed by atoms with Crippen LogP contribution in [0.3, 0.4) is 0 Å². The molecule has 4 nitrogen and oxygen atoms in total. The molecular weight excluding hydrogens is 611 g/mol. The van der Waals surface area contributed by atoms with Gasteiger partial charge in [0.2, 0.25) is 0 Å². The van der Waals surface area contributed by atoms with Gasteiger partial charge in [-0.25, -0.2) is 15.0 Å². The van der Waals surface area contributed by atoms with Gasteiger partial charge in [0.05, 0.1) is 0 Å². The molecule has 2 aliphatic carbocycles. The van der Waals surface area contributed by atoms with Crippen molar-refractivity contribution in [3.63, 3.8) is 0 Å². The maximum Gasteiger partial charge on any atom is 0.163 e. The molecular formula is C46H35N3O. The molecule has 6 aromatic rings. The van der Waals surface area contributed by atoms with Gasteiger partial charge in [-0.1, -0.05) is 146 Å². The number of ether oxygens (including phenoxy) is 1. The van der Waals surface area contributed by atoms with Gasteiger partial charge in [0.1, 0.15) is 17.3 Å². The summed E-state index contributed by atoms with van der Waals surface area (Å²) in [6, 6.07) is 44.8. The van der Waals surface area contributed by atoms with Gasteiger partial charge in [0, 0.05) is 28.5 Å². The van der Waals surface area contributed by atoms with E-state index in [1.54, 1.807) is 0 Å². The first kappa shape index (κ1) is 30.0. The van der Waals surface area contributed by atoms with Crippen molar-refractivity contribution in [1.29, 1.82) is 0 Å². The number of allylic oxidation sites excluding steroid dienone is 8. The standard InChI is InChI=1S/C46H35N3O/c1-4-11-31(12-5-1)33-19-21-36(22-20-33)45-47-44(35-15-8-3-9-16-35)48-46(49-45)39-24-27-41-40-26-23-34(25-28-42(40)50-43(41)30-39)38-18-10-17-37(29-38)32-13-6-2-7-14-32/h1-15,17-22,24-25,27-30,35,40H,16,23,26H2. The second-order valence-electron chi connectivity index (χ2n) is 13.1. The second kappa shape index (κ2) is 13.1. The molecule has 2 heterocycles. The third kappa shape index (κ3) is 5.90. The van der Waals surface area contributed by atoms with E-state index in [0.717, 1.165) is 53.3 Å². The number of benzene rings is 5. The summed E-state index contributed by atoms with van der Waals surface area (Å²) in [4.78, 5) is 15.1. The molecule has 0 radical (unpaired) electrons. The van der Waals surface area contributed by atoms with Gasteiger partial charge in [0.25, 0.3) is 0 Å². The van der Waals surface area contributed by atoms with Crippen molar-refractivity contribution < 1.29 is 4.74 Å². The number of aromatic nitrogens is 3. The summed E-state index contributed by atoms with van der Waals surface area (Å²) < 4.78 is 6.57. The highest BCUT2D eigenvalue weighted by Gasteiger charge is 2.31. The Hall–Kier alpha value is -6.13. The van der Waals surface area contributed by atoms with Crippen LogP contribution >= 0.6 is 0 Å². The zero-order valence-electron chi connectivity index (χ0n) is 27.6. The Kier molecular flexibility index (Phi) is 7.83. The largest absolute Gasteiger partial charge is 0.461 e. The number of nitrogens with zero attached hydrogens (tertiary/aromatic N) is 3. The number of hydrogen-bond acceptors (Lipinski definition) is 4. The quantitative estimate of drug-likeness (QED) is 0.181. The third-order valence-corrected chi connectivity index (χ3v) is 9.93. The predicted octanol–water partition coefficient (Wildman–Crippen LogP) is 11.4. The summed E-state index contributed by atoms with van der Waals surface area (Å²) in [7, 11) is 0. The normalized spacial score (nSPS) is 17.6. The first-order valence-electron chi connectivity index (χ1n) is 17.4. The molecule has 9 rings (SSSR count). The molecule has 0 saturated heterocycles. The van der Waals surface area contributed by atoms with E-state index < -0.39 is 0 Å². The monoisotopic (exact) mass is 645 g/mol. The highest BCUT2D eigenvalue weighted by molar-refractivity contribution is 5.75. The lowest BCUT2D eigenvalue weighted by atomic mass is 9.91. The van der Waals surface area contributed by atoms with E-state index in [1.807, 2.05) is 6.07 Å². The van der Waals surface area contributed by atoms with Crippen LogP contribution < -0.4 is 4.74 Å². The van der Waals surface area contributed by atoms with E-state index >= 15 is 0 Å². The zero-order chi connectivity index (χ0) is 33.3. The minimum atomic E-state index is 0.0981. The van der Waals surface area contributed by atoms with Crippen LogP contribution in [0.4, 0.5) is 0 Å². The van der Waals surface area contributed by atoms with Gasteiger partial charge in [-0.15, -0.1) is 0 Å². The van der Waals surface area contributed by atoms with Crippen LogP contribution in [-0.4, -0.2) is 15.0 Å². The van der Waals surface area contributed by atoms with Crippen molar-refractivity contribution in [2.24, 2.45) is 0 Å². The maximum atomic E-state index is 6.57. The van der Waals surface area contributed by atoms with Crippen LogP contribution in [0.5, 0.6) is 5.75 Å². The fourth-order valence-corrected chi connectivity index (χ4v) is 7.22. The van der Waals surface area contributed by atoms with E-state index in [9.17, 15) is 0 Å². The summed E-state index contributed by atoms with van der Waals surface area (Å²) in [5.74, 6) is 4.32. The van der Waals surface area contributed by atoms with Gasteiger partial charge in [0.15, 0.2) is 11.6 Å². The first-order valence-corrected chi connectivity index (χ1v) is 17.4. The summed E-state index contributed by atoms with van der Waals surface area (Å²) >= 11 is 0.